The van der Waals surface area contributed by atoms with Crippen LogP contribution in [0.15, 0.2) is 27.5 Å². The molecule has 2 aromatic rings. The molecule has 0 aliphatic rings. The fourth-order valence-corrected chi connectivity index (χ4v) is 2.39. The molecular formula is C10H10ClNO3S. The maximum absolute atomic E-state index is 11.6. The Hall–Kier alpha value is -1.07. The number of fused-ring (bicyclic) bond motifs is 1. The molecule has 2 rings (SSSR count). The van der Waals surface area contributed by atoms with Crippen molar-refractivity contribution in [3.63, 3.8) is 0 Å². The van der Waals surface area contributed by atoms with Crippen molar-refractivity contribution in [1.29, 1.82) is 0 Å². The van der Waals surface area contributed by atoms with Gasteiger partial charge in [0.15, 0.2) is 15.4 Å². The molecule has 6 heteroatoms. The van der Waals surface area contributed by atoms with E-state index in [9.17, 15) is 8.42 Å². The molecule has 0 atom stereocenters. The molecule has 0 aliphatic carbocycles. The lowest BCUT2D eigenvalue weighted by Gasteiger charge is -1.99. The first kappa shape index (κ1) is 11.4. The zero-order chi connectivity index (χ0) is 11.8. The van der Waals surface area contributed by atoms with E-state index in [1.54, 1.807) is 13.0 Å². The van der Waals surface area contributed by atoms with Gasteiger partial charge in [0.25, 0.3) is 0 Å². The van der Waals surface area contributed by atoms with Crippen LogP contribution in [-0.4, -0.2) is 19.2 Å². The Bertz CT molecular complexity index is 618. The highest BCUT2D eigenvalue weighted by atomic mass is 35.5. The number of aromatic nitrogens is 1. The highest BCUT2D eigenvalue weighted by molar-refractivity contribution is 7.91. The molecular weight excluding hydrogens is 250 g/mol. The van der Waals surface area contributed by atoms with Crippen molar-refractivity contribution in [2.24, 2.45) is 0 Å². The van der Waals surface area contributed by atoms with Crippen molar-refractivity contribution in [2.75, 3.05) is 5.75 Å². The molecule has 0 fully saturated rings. The smallest absolute Gasteiger partial charge is 0.210 e. The molecule has 1 aromatic heterocycles. The number of hydrogen-bond acceptors (Lipinski definition) is 4. The average molecular weight is 260 g/mol. The number of nitrogens with zero attached hydrogens (tertiary/aromatic N) is 1. The molecule has 86 valence electrons. The van der Waals surface area contributed by atoms with Gasteiger partial charge in [-0.25, -0.2) is 13.4 Å². The molecule has 16 heavy (non-hydrogen) atoms. The largest absolute Gasteiger partial charge is 0.439 e. The second-order valence-electron chi connectivity index (χ2n) is 3.27. The molecule has 0 amide bonds. The molecule has 0 unspecified atom stereocenters. The molecule has 0 saturated heterocycles. The van der Waals surface area contributed by atoms with Gasteiger partial charge >= 0.3 is 0 Å². The Morgan fingerprint density at radius 2 is 2.19 bits per heavy atom. The summed E-state index contributed by atoms with van der Waals surface area (Å²) in [6, 6.07) is 4.62. The Labute approximate surface area is 98.2 Å². The van der Waals surface area contributed by atoms with E-state index in [-0.39, 0.29) is 16.5 Å². The van der Waals surface area contributed by atoms with E-state index >= 15 is 0 Å². The van der Waals surface area contributed by atoms with Gasteiger partial charge in [-0.2, -0.15) is 0 Å². The van der Waals surface area contributed by atoms with Crippen molar-refractivity contribution in [3.05, 3.63) is 24.1 Å². The molecule has 1 aromatic carbocycles. The minimum atomic E-state index is -3.20. The highest BCUT2D eigenvalue weighted by Gasteiger charge is 2.14. The van der Waals surface area contributed by atoms with Gasteiger partial charge in [0.2, 0.25) is 5.89 Å². The number of sulfone groups is 1. The van der Waals surface area contributed by atoms with E-state index in [0.29, 0.717) is 17.0 Å². The minimum Gasteiger partial charge on any atom is -0.439 e. The van der Waals surface area contributed by atoms with Gasteiger partial charge in [0.05, 0.1) is 16.5 Å². The zero-order valence-corrected chi connectivity index (χ0v) is 10.2. The summed E-state index contributed by atoms with van der Waals surface area (Å²) in [5.41, 5.74) is 1.07. The normalized spacial score (nSPS) is 12.1. The Morgan fingerprint density at radius 1 is 1.44 bits per heavy atom. The van der Waals surface area contributed by atoms with Crippen LogP contribution >= 0.6 is 11.6 Å². The van der Waals surface area contributed by atoms with Crippen LogP contribution in [0.2, 0.25) is 0 Å². The van der Waals surface area contributed by atoms with E-state index < -0.39 is 9.84 Å². The van der Waals surface area contributed by atoms with E-state index in [1.807, 2.05) is 0 Å². The standard InChI is InChI=1S/C10H10ClNO3S/c1-2-16(13,14)7-3-4-9-8(5-7)12-10(6-11)15-9/h3-5H,2,6H2,1H3. The second-order valence-corrected chi connectivity index (χ2v) is 5.82. The van der Waals surface area contributed by atoms with Crippen LogP contribution < -0.4 is 0 Å². The van der Waals surface area contributed by atoms with E-state index in [2.05, 4.69) is 4.98 Å². The molecule has 0 N–H and O–H groups in total. The predicted molar refractivity (Wildman–Crippen MR) is 61.3 cm³/mol. The van der Waals surface area contributed by atoms with Crippen molar-refractivity contribution >= 4 is 32.5 Å². The lowest BCUT2D eigenvalue weighted by atomic mass is 10.3. The summed E-state index contributed by atoms with van der Waals surface area (Å²) in [7, 11) is -3.20. The van der Waals surface area contributed by atoms with Gasteiger partial charge in [-0.1, -0.05) is 6.92 Å². The topological polar surface area (TPSA) is 60.2 Å². The van der Waals surface area contributed by atoms with E-state index in [1.165, 1.54) is 12.1 Å². The lowest BCUT2D eigenvalue weighted by Crippen LogP contribution is -2.03. The van der Waals surface area contributed by atoms with Gasteiger partial charge in [0.1, 0.15) is 5.52 Å². The molecule has 0 saturated carbocycles. The second kappa shape index (κ2) is 4.07. The number of hydrogen-bond donors (Lipinski definition) is 0. The molecule has 1 heterocycles. The van der Waals surface area contributed by atoms with E-state index in [4.69, 9.17) is 16.0 Å². The molecule has 4 nitrogen and oxygen atoms in total. The van der Waals surface area contributed by atoms with Crippen LogP contribution in [0.5, 0.6) is 0 Å². The Kier molecular flexibility index (Phi) is 2.90. The molecule has 0 spiro atoms. The Morgan fingerprint density at radius 3 is 2.81 bits per heavy atom. The fourth-order valence-electron chi connectivity index (χ4n) is 1.37. The zero-order valence-electron chi connectivity index (χ0n) is 8.60. The van der Waals surface area contributed by atoms with Crippen LogP contribution in [0.3, 0.4) is 0 Å². The average Bonchev–Trinajstić information content (AvgIpc) is 2.70. The first-order valence-electron chi connectivity index (χ1n) is 4.75. The number of alkyl halides is 1. The van der Waals surface area contributed by atoms with Gasteiger partial charge in [-0.3, -0.25) is 0 Å². The SMILES string of the molecule is CCS(=O)(=O)c1ccc2oc(CCl)nc2c1. The molecule has 0 bridgehead atoms. The first-order chi connectivity index (χ1) is 7.56. The van der Waals surface area contributed by atoms with Crippen molar-refractivity contribution in [2.45, 2.75) is 17.7 Å². The first-order valence-corrected chi connectivity index (χ1v) is 6.93. The van der Waals surface area contributed by atoms with Crippen molar-refractivity contribution in [1.82, 2.24) is 4.98 Å². The number of halogens is 1. The van der Waals surface area contributed by atoms with E-state index in [0.717, 1.165) is 0 Å². The van der Waals surface area contributed by atoms with Crippen molar-refractivity contribution < 1.29 is 12.8 Å². The number of rotatable bonds is 3. The van der Waals surface area contributed by atoms with Crippen molar-refractivity contribution in [3.8, 4) is 0 Å². The van der Waals surface area contributed by atoms with Gasteiger partial charge in [-0.15, -0.1) is 11.6 Å². The minimum absolute atomic E-state index is 0.0682. The number of benzene rings is 1. The van der Waals surface area contributed by atoms with Crippen LogP contribution in [0, 0.1) is 0 Å². The number of oxazole rings is 1. The van der Waals surface area contributed by atoms with Gasteiger partial charge in [-0.05, 0) is 18.2 Å². The predicted octanol–water partition coefficient (Wildman–Crippen LogP) is 2.36. The Balaban J connectivity index is 2.60. The summed E-state index contributed by atoms with van der Waals surface area (Å²) in [6.45, 7) is 1.60. The van der Waals surface area contributed by atoms with Crippen LogP contribution in [0.25, 0.3) is 11.1 Å². The molecule has 0 aliphatic heterocycles. The molecule has 0 radical (unpaired) electrons. The summed E-state index contributed by atoms with van der Waals surface area (Å²) < 4.78 is 28.6. The summed E-state index contributed by atoms with van der Waals surface area (Å²) in [5.74, 6) is 0.631. The maximum atomic E-state index is 11.6. The van der Waals surface area contributed by atoms with Gasteiger partial charge in [0, 0.05) is 0 Å². The third-order valence-electron chi connectivity index (χ3n) is 2.26. The lowest BCUT2D eigenvalue weighted by molar-refractivity contribution is 0.555. The summed E-state index contributed by atoms with van der Waals surface area (Å²) in [4.78, 5) is 4.34. The maximum Gasteiger partial charge on any atom is 0.210 e. The third kappa shape index (κ3) is 1.92. The fraction of sp³-hybridized carbons (Fsp3) is 0.300. The summed E-state index contributed by atoms with van der Waals surface area (Å²) in [6.07, 6.45) is 0. The van der Waals surface area contributed by atoms with Crippen LogP contribution in [0.4, 0.5) is 0 Å². The quantitative estimate of drug-likeness (QED) is 0.794. The summed E-state index contributed by atoms with van der Waals surface area (Å²) >= 11 is 5.58. The monoisotopic (exact) mass is 259 g/mol. The third-order valence-corrected chi connectivity index (χ3v) is 4.22. The van der Waals surface area contributed by atoms with Crippen LogP contribution in [0.1, 0.15) is 12.8 Å². The van der Waals surface area contributed by atoms with Gasteiger partial charge < -0.3 is 4.42 Å². The van der Waals surface area contributed by atoms with Crippen LogP contribution in [-0.2, 0) is 15.7 Å². The summed E-state index contributed by atoms with van der Waals surface area (Å²) in [5, 5.41) is 0. The highest BCUT2D eigenvalue weighted by Crippen LogP contribution is 2.21.